The summed E-state index contributed by atoms with van der Waals surface area (Å²) in [4.78, 5) is 24.5. The molecule has 0 radical (unpaired) electrons. The molecule has 1 unspecified atom stereocenters. The van der Waals surface area contributed by atoms with Crippen LogP contribution in [0, 0.1) is 5.92 Å². The van der Waals surface area contributed by atoms with Crippen LogP contribution in [0.3, 0.4) is 0 Å². The Bertz CT molecular complexity index is 1500. The summed E-state index contributed by atoms with van der Waals surface area (Å²) in [6.45, 7) is 3.37. The van der Waals surface area contributed by atoms with E-state index in [-0.39, 0.29) is 17.3 Å². The molecular formula is C27H28N4O4S2. The van der Waals surface area contributed by atoms with Crippen LogP contribution in [0.1, 0.15) is 35.7 Å². The predicted molar refractivity (Wildman–Crippen MR) is 145 cm³/mol. The van der Waals surface area contributed by atoms with E-state index in [0.717, 1.165) is 23.1 Å². The van der Waals surface area contributed by atoms with Gasteiger partial charge < -0.3 is 4.74 Å². The Morgan fingerprint density at radius 3 is 2.68 bits per heavy atom. The Morgan fingerprint density at radius 2 is 1.97 bits per heavy atom. The van der Waals surface area contributed by atoms with Crippen molar-refractivity contribution < 1.29 is 17.9 Å². The molecule has 10 heteroatoms. The Kier molecular flexibility index (Phi) is 7.23. The van der Waals surface area contributed by atoms with E-state index in [1.54, 1.807) is 40.8 Å². The van der Waals surface area contributed by atoms with Crippen LogP contribution < -0.4 is 9.64 Å². The van der Waals surface area contributed by atoms with Crippen LogP contribution in [0.2, 0.25) is 0 Å². The van der Waals surface area contributed by atoms with Gasteiger partial charge in [-0.25, -0.2) is 13.4 Å². The van der Waals surface area contributed by atoms with E-state index < -0.39 is 10.0 Å². The number of amides is 1. The summed E-state index contributed by atoms with van der Waals surface area (Å²) >= 11 is 1.39. The number of sulfonamides is 1. The molecule has 4 aromatic rings. The Hall–Kier alpha value is -3.34. The number of benzene rings is 2. The number of anilines is 1. The van der Waals surface area contributed by atoms with Gasteiger partial charge in [-0.15, -0.1) is 0 Å². The van der Waals surface area contributed by atoms with E-state index in [0.29, 0.717) is 41.0 Å². The van der Waals surface area contributed by atoms with Gasteiger partial charge in [0.05, 0.1) is 23.2 Å². The number of nitrogens with zero attached hydrogens (tertiary/aromatic N) is 4. The fourth-order valence-corrected chi connectivity index (χ4v) is 7.11. The second-order valence-electron chi connectivity index (χ2n) is 9.19. The number of methoxy groups -OCH3 is 1. The van der Waals surface area contributed by atoms with E-state index in [2.05, 4.69) is 11.9 Å². The second-order valence-corrected chi connectivity index (χ2v) is 12.1. The van der Waals surface area contributed by atoms with Gasteiger partial charge in [-0.05, 0) is 66.8 Å². The summed E-state index contributed by atoms with van der Waals surface area (Å²) < 4.78 is 34.2. The highest BCUT2D eigenvalue weighted by molar-refractivity contribution is 7.89. The average molecular weight is 537 g/mol. The first-order valence-corrected chi connectivity index (χ1v) is 14.4. The molecule has 1 aliphatic heterocycles. The van der Waals surface area contributed by atoms with Gasteiger partial charge in [0.15, 0.2) is 5.13 Å². The third-order valence-corrected chi connectivity index (χ3v) is 9.41. The van der Waals surface area contributed by atoms with Crippen molar-refractivity contribution in [3.63, 3.8) is 0 Å². The average Bonchev–Trinajstić information content (AvgIpc) is 3.36. The fraction of sp³-hybridized carbons (Fsp3) is 0.296. The summed E-state index contributed by atoms with van der Waals surface area (Å²) in [5.74, 6) is 0.686. The molecule has 0 aliphatic carbocycles. The van der Waals surface area contributed by atoms with Gasteiger partial charge in [-0.3, -0.25) is 14.7 Å². The molecule has 1 fully saturated rings. The van der Waals surface area contributed by atoms with E-state index in [9.17, 15) is 13.2 Å². The minimum absolute atomic E-state index is 0.196. The largest absolute Gasteiger partial charge is 0.494 e. The number of para-hydroxylation sites is 1. The summed E-state index contributed by atoms with van der Waals surface area (Å²) in [7, 11) is -2.02. The van der Waals surface area contributed by atoms with Gasteiger partial charge in [0.25, 0.3) is 5.91 Å². The van der Waals surface area contributed by atoms with Crippen molar-refractivity contribution in [2.75, 3.05) is 25.1 Å². The molecule has 5 rings (SSSR count). The number of thiazole rings is 1. The number of rotatable bonds is 7. The number of hydrogen-bond donors (Lipinski definition) is 0. The van der Waals surface area contributed by atoms with E-state index in [4.69, 9.17) is 9.72 Å². The summed E-state index contributed by atoms with van der Waals surface area (Å²) in [5.41, 5.74) is 1.91. The number of carbonyl (C=O) groups is 1. The highest BCUT2D eigenvalue weighted by Gasteiger charge is 2.29. The van der Waals surface area contributed by atoms with Gasteiger partial charge in [0, 0.05) is 31.0 Å². The van der Waals surface area contributed by atoms with Crippen LogP contribution in [-0.2, 0) is 16.6 Å². The number of piperidine rings is 1. The van der Waals surface area contributed by atoms with E-state index in [1.165, 1.54) is 23.5 Å². The minimum Gasteiger partial charge on any atom is -0.494 e. The van der Waals surface area contributed by atoms with Crippen molar-refractivity contribution in [1.29, 1.82) is 0 Å². The number of hydrogen-bond acceptors (Lipinski definition) is 7. The Morgan fingerprint density at radius 1 is 1.16 bits per heavy atom. The number of carbonyl (C=O) groups excluding carboxylic acids is 1. The molecule has 1 amide bonds. The van der Waals surface area contributed by atoms with Crippen LogP contribution in [0.4, 0.5) is 5.13 Å². The van der Waals surface area contributed by atoms with E-state index >= 15 is 0 Å². The maximum Gasteiger partial charge on any atom is 0.260 e. The molecule has 3 heterocycles. The lowest BCUT2D eigenvalue weighted by atomic mass is 10.0. The first-order valence-electron chi connectivity index (χ1n) is 12.1. The highest BCUT2D eigenvalue weighted by Crippen LogP contribution is 2.35. The van der Waals surface area contributed by atoms with Crippen LogP contribution in [-0.4, -0.2) is 48.8 Å². The maximum atomic E-state index is 13.8. The van der Waals surface area contributed by atoms with Crippen molar-refractivity contribution >= 4 is 42.6 Å². The minimum atomic E-state index is -3.61. The molecule has 8 nitrogen and oxygen atoms in total. The SMILES string of the molecule is COc1cccc2sc(N(Cc3cccnc3)C(=O)c3ccc(S(=O)(=O)N4CCCC(C)C4)cc3)nc12. The molecule has 0 saturated carbocycles. The molecule has 1 atom stereocenters. The first kappa shape index (κ1) is 25.3. The van der Waals surface area contributed by atoms with Crippen LogP contribution in [0.5, 0.6) is 5.75 Å². The zero-order valence-electron chi connectivity index (χ0n) is 20.7. The molecule has 0 N–H and O–H groups in total. The van der Waals surface area contributed by atoms with E-state index in [1.807, 2.05) is 30.3 Å². The van der Waals surface area contributed by atoms with Crippen LogP contribution in [0.15, 0.2) is 71.9 Å². The van der Waals surface area contributed by atoms with Gasteiger partial charge in [-0.1, -0.05) is 30.4 Å². The molecule has 192 valence electrons. The van der Waals surface area contributed by atoms with Gasteiger partial charge in [-0.2, -0.15) is 4.31 Å². The summed E-state index contributed by atoms with van der Waals surface area (Å²) in [6, 6.07) is 15.6. The second kappa shape index (κ2) is 10.6. The number of ether oxygens (including phenoxy) is 1. The number of aromatic nitrogens is 2. The van der Waals surface area contributed by atoms with Crippen LogP contribution in [0.25, 0.3) is 10.2 Å². The van der Waals surface area contributed by atoms with Crippen LogP contribution >= 0.6 is 11.3 Å². The van der Waals surface area contributed by atoms with Gasteiger partial charge in [0.2, 0.25) is 10.0 Å². The molecule has 2 aromatic carbocycles. The first-order chi connectivity index (χ1) is 17.9. The quantitative estimate of drug-likeness (QED) is 0.331. The highest BCUT2D eigenvalue weighted by atomic mass is 32.2. The van der Waals surface area contributed by atoms with Crippen molar-refractivity contribution in [2.24, 2.45) is 5.92 Å². The standard InChI is InChI=1S/C27H28N4O4S2/c1-19-6-5-15-30(17-19)37(33,34)22-12-10-21(11-13-22)26(32)31(18-20-7-4-14-28-16-20)27-29-25-23(35-2)8-3-9-24(25)36-27/h3-4,7-14,16,19H,5-6,15,17-18H2,1-2H3. The molecule has 2 aromatic heterocycles. The molecular weight excluding hydrogens is 508 g/mol. The summed E-state index contributed by atoms with van der Waals surface area (Å²) in [5, 5.41) is 0.521. The van der Waals surface area contributed by atoms with Crippen molar-refractivity contribution in [3.05, 3.63) is 78.1 Å². The number of fused-ring (bicyclic) bond motifs is 1. The monoisotopic (exact) mass is 536 g/mol. The lowest BCUT2D eigenvalue weighted by Gasteiger charge is -2.30. The molecule has 37 heavy (non-hydrogen) atoms. The fourth-order valence-electron chi connectivity index (χ4n) is 4.53. The lowest BCUT2D eigenvalue weighted by molar-refractivity contribution is 0.0985. The molecule has 1 saturated heterocycles. The number of pyridine rings is 1. The molecule has 0 bridgehead atoms. The van der Waals surface area contributed by atoms with Crippen molar-refractivity contribution in [3.8, 4) is 5.75 Å². The third-order valence-electron chi connectivity index (χ3n) is 6.49. The Balaban J connectivity index is 1.47. The van der Waals surface area contributed by atoms with Gasteiger partial charge >= 0.3 is 0 Å². The predicted octanol–water partition coefficient (Wildman–Crippen LogP) is 4.97. The Labute approximate surface area is 220 Å². The van der Waals surface area contributed by atoms with Crippen molar-refractivity contribution in [2.45, 2.75) is 31.2 Å². The molecule has 0 spiro atoms. The molecule has 1 aliphatic rings. The third kappa shape index (κ3) is 5.22. The summed E-state index contributed by atoms with van der Waals surface area (Å²) in [6.07, 6.45) is 5.28. The smallest absolute Gasteiger partial charge is 0.260 e. The normalized spacial score (nSPS) is 16.5. The van der Waals surface area contributed by atoms with Crippen molar-refractivity contribution in [1.82, 2.24) is 14.3 Å². The lowest BCUT2D eigenvalue weighted by Crippen LogP contribution is -2.39. The zero-order chi connectivity index (χ0) is 26.0. The topological polar surface area (TPSA) is 92.7 Å². The zero-order valence-corrected chi connectivity index (χ0v) is 22.3. The maximum absolute atomic E-state index is 13.8. The van der Waals surface area contributed by atoms with Gasteiger partial charge in [0.1, 0.15) is 11.3 Å².